The summed E-state index contributed by atoms with van der Waals surface area (Å²) in [5.74, 6) is -1.43. The lowest BCUT2D eigenvalue weighted by molar-refractivity contribution is -0.385. The molecule has 0 aliphatic rings. The Bertz CT molecular complexity index is 703. The third-order valence-electron chi connectivity index (χ3n) is 2.76. The van der Waals surface area contributed by atoms with Crippen LogP contribution < -0.4 is 5.32 Å². The molecule has 0 aliphatic heterocycles. The molecule has 0 spiro atoms. The number of phenolic OH excluding ortho intramolecular Hbond substituents is 1. The lowest BCUT2D eigenvalue weighted by atomic mass is 10.1. The van der Waals surface area contributed by atoms with Gasteiger partial charge in [0.05, 0.1) is 11.0 Å². The molecular weight excluding hydrogens is 279 g/mol. The van der Waals surface area contributed by atoms with E-state index in [0.29, 0.717) is 11.6 Å². The Labute approximate surface area is 119 Å². The van der Waals surface area contributed by atoms with Gasteiger partial charge < -0.3 is 10.4 Å². The maximum atomic E-state index is 13.0. The maximum absolute atomic E-state index is 13.0. The molecule has 2 rings (SSSR count). The second-order valence-corrected chi connectivity index (χ2v) is 4.27. The molecule has 0 aromatic heterocycles. The number of nitro benzene ring substituents is 1. The molecule has 2 aromatic rings. The molecule has 2 aromatic carbocycles. The molecule has 2 N–H and O–H groups in total. The first-order valence-electron chi connectivity index (χ1n) is 5.97. The highest BCUT2D eigenvalue weighted by Crippen LogP contribution is 2.20. The number of carbonyl (C=O) groups excluding carboxylic acids is 1. The maximum Gasteiger partial charge on any atom is 0.285 e. The van der Waals surface area contributed by atoms with E-state index in [-0.39, 0.29) is 17.9 Å². The van der Waals surface area contributed by atoms with Gasteiger partial charge in [-0.1, -0.05) is 12.1 Å². The van der Waals surface area contributed by atoms with Gasteiger partial charge in [0.1, 0.15) is 17.1 Å². The van der Waals surface area contributed by atoms with Crippen molar-refractivity contribution in [2.75, 3.05) is 0 Å². The Morgan fingerprint density at radius 1 is 1.29 bits per heavy atom. The number of nitro groups is 1. The summed E-state index contributed by atoms with van der Waals surface area (Å²) in [5, 5.41) is 22.6. The molecule has 6 nitrogen and oxygen atoms in total. The van der Waals surface area contributed by atoms with Gasteiger partial charge in [0.15, 0.2) is 0 Å². The van der Waals surface area contributed by atoms with Gasteiger partial charge in [-0.3, -0.25) is 14.9 Å². The van der Waals surface area contributed by atoms with Crippen molar-refractivity contribution in [2.24, 2.45) is 0 Å². The fourth-order valence-corrected chi connectivity index (χ4v) is 1.79. The number of halogens is 1. The van der Waals surface area contributed by atoms with Crippen LogP contribution in [0.15, 0.2) is 42.5 Å². The monoisotopic (exact) mass is 290 g/mol. The Morgan fingerprint density at radius 2 is 2.05 bits per heavy atom. The molecular formula is C14H11FN2O4. The summed E-state index contributed by atoms with van der Waals surface area (Å²) in [4.78, 5) is 21.9. The zero-order valence-electron chi connectivity index (χ0n) is 10.7. The number of aromatic hydroxyl groups is 1. The van der Waals surface area contributed by atoms with Crippen LogP contribution in [-0.4, -0.2) is 15.9 Å². The van der Waals surface area contributed by atoms with E-state index in [1.165, 1.54) is 12.1 Å². The minimum atomic E-state index is -0.813. The van der Waals surface area contributed by atoms with E-state index in [1.807, 2.05) is 0 Å². The van der Waals surface area contributed by atoms with Crippen LogP contribution >= 0.6 is 0 Å². The average molecular weight is 290 g/mol. The zero-order chi connectivity index (χ0) is 15.4. The Balaban J connectivity index is 2.15. The first kappa shape index (κ1) is 14.4. The van der Waals surface area contributed by atoms with Crippen molar-refractivity contribution in [2.45, 2.75) is 6.54 Å². The average Bonchev–Trinajstić information content (AvgIpc) is 2.44. The Hall–Kier alpha value is -2.96. The first-order chi connectivity index (χ1) is 9.97. The van der Waals surface area contributed by atoms with E-state index in [9.17, 15) is 24.4 Å². The minimum Gasteiger partial charge on any atom is -0.508 e. The third kappa shape index (κ3) is 3.53. The molecule has 1 amide bonds. The lowest BCUT2D eigenvalue weighted by Gasteiger charge is -2.06. The number of nitrogens with one attached hydrogen (secondary N) is 1. The van der Waals surface area contributed by atoms with E-state index in [4.69, 9.17) is 0 Å². The molecule has 108 valence electrons. The van der Waals surface area contributed by atoms with Gasteiger partial charge in [-0.05, 0) is 29.8 Å². The van der Waals surface area contributed by atoms with Crippen LogP contribution in [0, 0.1) is 15.9 Å². The van der Waals surface area contributed by atoms with E-state index in [0.717, 1.165) is 12.1 Å². The molecule has 21 heavy (non-hydrogen) atoms. The zero-order valence-corrected chi connectivity index (χ0v) is 10.7. The van der Waals surface area contributed by atoms with Crippen molar-refractivity contribution in [1.82, 2.24) is 5.32 Å². The van der Waals surface area contributed by atoms with Crippen molar-refractivity contribution < 1.29 is 19.2 Å². The molecule has 0 unspecified atom stereocenters. The highest BCUT2D eigenvalue weighted by atomic mass is 19.1. The second-order valence-electron chi connectivity index (χ2n) is 4.27. The molecule has 0 heterocycles. The standard InChI is InChI=1S/C14H11FN2O4/c15-10-4-5-12(13(7-10)17(20)21)14(19)16-8-9-2-1-3-11(18)6-9/h1-7,18H,8H2,(H,16,19). The van der Waals surface area contributed by atoms with Crippen LogP contribution in [0.3, 0.4) is 0 Å². The van der Waals surface area contributed by atoms with Crippen molar-refractivity contribution in [1.29, 1.82) is 0 Å². The van der Waals surface area contributed by atoms with E-state index < -0.39 is 22.3 Å². The largest absolute Gasteiger partial charge is 0.508 e. The number of hydrogen-bond donors (Lipinski definition) is 2. The summed E-state index contributed by atoms with van der Waals surface area (Å²) in [6, 6.07) is 8.97. The van der Waals surface area contributed by atoms with E-state index >= 15 is 0 Å². The number of benzene rings is 2. The summed E-state index contributed by atoms with van der Waals surface area (Å²) in [6.45, 7) is 0.0851. The lowest BCUT2D eigenvalue weighted by Crippen LogP contribution is -2.23. The Morgan fingerprint density at radius 3 is 2.71 bits per heavy atom. The van der Waals surface area contributed by atoms with Gasteiger partial charge in [-0.15, -0.1) is 0 Å². The van der Waals surface area contributed by atoms with Gasteiger partial charge in [0, 0.05) is 6.54 Å². The number of nitrogens with zero attached hydrogens (tertiary/aromatic N) is 1. The normalized spacial score (nSPS) is 10.1. The molecule has 0 radical (unpaired) electrons. The molecule has 0 aliphatic carbocycles. The van der Waals surface area contributed by atoms with Crippen molar-refractivity contribution >= 4 is 11.6 Å². The fourth-order valence-electron chi connectivity index (χ4n) is 1.79. The van der Waals surface area contributed by atoms with Crippen LogP contribution in [0.1, 0.15) is 15.9 Å². The smallest absolute Gasteiger partial charge is 0.285 e. The highest BCUT2D eigenvalue weighted by molar-refractivity contribution is 5.98. The summed E-state index contributed by atoms with van der Waals surface area (Å²) in [7, 11) is 0. The van der Waals surface area contributed by atoms with Crippen LogP contribution in [0.4, 0.5) is 10.1 Å². The summed E-state index contributed by atoms with van der Waals surface area (Å²) in [5.41, 5.74) is -0.182. The van der Waals surface area contributed by atoms with Crippen LogP contribution in [0.25, 0.3) is 0 Å². The molecule has 0 saturated heterocycles. The quantitative estimate of drug-likeness (QED) is 0.668. The molecule has 7 heteroatoms. The second kappa shape index (κ2) is 6.00. The van der Waals surface area contributed by atoms with Crippen LogP contribution in [-0.2, 0) is 6.54 Å². The number of phenols is 1. The summed E-state index contributed by atoms with van der Waals surface area (Å²) < 4.78 is 13.0. The number of rotatable bonds is 4. The number of hydrogen-bond acceptors (Lipinski definition) is 4. The summed E-state index contributed by atoms with van der Waals surface area (Å²) in [6.07, 6.45) is 0. The third-order valence-corrected chi connectivity index (χ3v) is 2.76. The number of carbonyl (C=O) groups is 1. The molecule has 0 bridgehead atoms. The Kier molecular flexibility index (Phi) is 4.13. The van der Waals surface area contributed by atoms with E-state index in [1.54, 1.807) is 12.1 Å². The fraction of sp³-hybridized carbons (Fsp3) is 0.0714. The SMILES string of the molecule is O=C(NCc1cccc(O)c1)c1ccc(F)cc1[N+](=O)[O-]. The van der Waals surface area contributed by atoms with Gasteiger partial charge in [-0.25, -0.2) is 4.39 Å². The van der Waals surface area contributed by atoms with E-state index in [2.05, 4.69) is 5.32 Å². The van der Waals surface area contributed by atoms with Gasteiger partial charge in [0.2, 0.25) is 0 Å². The molecule has 0 atom stereocenters. The van der Waals surface area contributed by atoms with Crippen LogP contribution in [0.2, 0.25) is 0 Å². The molecule has 0 fully saturated rings. The van der Waals surface area contributed by atoms with Gasteiger partial charge in [-0.2, -0.15) is 0 Å². The van der Waals surface area contributed by atoms with Crippen LogP contribution in [0.5, 0.6) is 5.75 Å². The topological polar surface area (TPSA) is 92.5 Å². The van der Waals surface area contributed by atoms with Gasteiger partial charge in [0.25, 0.3) is 11.6 Å². The predicted molar refractivity (Wildman–Crippen MR) is 72.3 cm³/mol. The molecule has 0 saturated carbocycles. The minimum absolute atomic E-state index is 0.0505. The van der Waals surface area contributed by atoms with Crippen molar-refractivity contribution in [3.05, 3.63) is 69.5 Å². The highest BCUT2D eigenvalue weighted by Gasteiger charge is 2.20. The van der Waals surface area contributed by atoms with Crippen molar-refractivity contribution in [3.63, 3.8) is 0 Å². The van der Waals surface area contributed by atoms with Gasteiger partial charge >= 0.3 is 0 Å². The predicted octanol–water partition coefficient (Wildman–Crippen LogP) is 2.37. The van der Waals surface area contributed by atoms with Crippen molar-refractivity contribution in [3.8, 4) is 5.75 Å². The number of amides is 1. The summed E-state index contributed by atoms with van der Waals surface area (Å²) >= 11 is 0. The first-order valence-corrected chi connectivity index (χ1v) is 5.97.